The number of nitrogens with zero attached hydrogens (tertiary/aromatic N) is 2. The Balaban J connectivity index is 0.000000963. The summed E-state index contributed by atoms with van der Waals surface area (Å²) in [5.74, 6) is 0. The molecule has 2 aromatic rings. The van der Waals surface area contributed by atoms with E-state index in [1.807, 2.05) is 24.4 Å². The van der Waals surface area contributed by atoms with Crippen molar-refractivity contribution >= 4 is 0 Å². The Hall–Kier alpha value is -1.72. The highest BCUT2D eigenvalue weighted by molar-refractivity contribution is 5.27. The number of nitrogens with one attached hydrogen (secondary N) is 2. The van der Waals surface area contributed by atoms with Gasteiger partial charge < -0.3 is 15.8 Å². The number of hydrogen-bond donors (Lipinski definition) is 2. The molecule has 1 unspecified atom stereocenters. The van der Waals surface area contributed by atoms with Crippen molar-refractivity contribution in [1.29, 1.82) is 0 Å². The fourth-order valence-electron chi connectivity index (χ4n) is 2.01. The minimum atomic E-state index is 0. The number of pyridine rings is 1. The van der Waals surface area contributed by atoms with Crippen molar-refractivity contribution in [3.8, 4) is 0 Å². The Morgan fingerprint density at radius 2 is 2.19 bits per heavy atom. The lowest BCUT2D eigenvalue weighted by atomic mass is 10.0. The first-order valence-electron chi connectivity index (χ1n) is 5.11. The maximum absolute atomic E-state index is 4.36. The van der Waals surface area contributed by atoms with E-state index in [0.29, 0.717) is 0 Å². The first-order valence-corrected chi connectivity index (χ1v) is 5.11. The van der Waals surface area contributed by atoms with Crippen molar-refractivity contribution in [1.82, 2.24) is 20.3 Å². The molecular formula is C11H14N4O. The number of H-pyrrole nitrogens is 1. The second-order valence-corrected chi connectivity index (χ2v) is 3.66. The number of imidazole rings is 1. The molecule has 5 nitrogen and oxygen atoms in total. The molecule has 0 radical (unpaired) electrons. The van der Waals surface area contributed by atoms with Gasteiger partial charge >= 0.3 is 0 Å². The standard InChI is InChI=1S/C11H12N4.H2O/c1-2-5-12-8(3-1)10-11-9(4-6-13-10)14-7-15-11;/h1-3,5,7,10,13H,4,6H2,(H,14,15);1H2. The van der Waals surface area contributed by atoms with Gasteiger partial charge in [0, 0.05) is 24.9 Å². The Labute approximate surface area is 93.3 Å². The molecule has 0 bridgehead atoms. The van der Waals surface area contributed by atoms with E-state index in [0.717, 1.165) is 24.4 Å². The third-order valence-electron chi connectivity index (χ3n) is 2.73. The van der Waals surface area contributed by atoms with E-state index in [1.165, 1.54) is 5.69 Å². The largest absolute Gasteiger partial charge is 0.412 e. The molecule has 0 spiro atoms. The fourth-order valence-corrected chi connectivity index (χ4v) is 2.01. The molecule has 0 amide bonds. The highest BCUT2D eigenvalue weighted by Crippen LogP contribution is 2.24. The lowest BCUT2D eigenvalue weighted by Gasteiger charge is -2.22. The van der Waals surface area contributed by atoms with Crippen LogP contribution < -0.4 is 5.32 Å². The molecule has 84 valence electrons. The van der Waals surface area contributed by atoms with Crippen LogP contribution >= 0.6 is 0 Å². The van der Waals surface area contributed by atoms with Crippen molar-refractivity contribution in [3.05, 3.63) is 47.8 Å². The summed E-state index contributed by atoms with van der Waals surface area (Å²) in [6.07, 6.45) is 4.59. The summed E-state index contributed by atoms with van der Waals surface area (Å²) in [4.78, 5) is 11.9. The average Bonchev–Trinajstić information content (AvgIpc) is 2.78. The number of rotatable bonds is 1. The minimum Gasteiger partial charge on any atom is -0.412 e. The zero-order valence-electron chi connectivity index (χ0n) is 8.77. The van der Waals surface area contributed by atoms with E-state index in [2.05, 4.69) is 20.3 Å². The first kappa shape index (κ1) is 10.8. The molecule has 5 heteroatoms. The van der Waals surface area contributed by atoms with E-state index in [-0.39, 0.29) is 11.5 Å². The van der Waals surface area contributed by atoms with E-state index < -0.39 is 0 Å². The molecule has 16 heavy (non-hydrogen) atoms. The van der Waals surface area contributed by atoms with Gasteiger partial charge in [-0.2, -0.15) is 0 Å². The maximum Gasteiger partial charge on any atom is 0.0943 e. The average molecular weight is 218 g/mol. The highest BCUT2D eigenvalue weighted by Gasteiger charge is 2.24. The quantitative estimate of drug-likeness (QED) is 0.717. The predicted octanol–water partition coefficient (Wildman–Crippen LogP) is 0.215. The highest BCUT2D eigenvalue weighted by atomic mass is 16.0. The van der Waals surface area contributed by atoms with Crippen LogP contribution in [0.15, 0.2) is 30.7 Å². The van der Waals surface area contributed by atoms with Gasteiger partial charge in [0.05, 0.1) is 23.8 Å². The second kappa shape index (κ2) is 4.42. The van der Waals surface area contributed by atoms with Crippen molar-refractivity contribution < 1.29 is 5.48 Å². The summed E-state index contributed by atoms with van der Waals surface area (Å²) in [5.41, 5.74) is 3.34. The molecule has 0 saturated carbocycles. The third-order valence-corrected chi connectivity index (χ3v) is 2.73. The van der Waals surface area contributed by atoms with E-state index >= 15 is 0 Å². The van der Waals surface area contributed by atoms with Crippen LogP contribution in [0.1, 0.15) is 23.1 Å². The molecule has 3 heterocycles. The SMILES string of the molecule is O.c1ccc(C2NCCc3[nH]cnc32)nc1. The Morgan fingerprint density at radius 1 is 1.25 bits per heavy atom. The van der Waals surface area contributed by atoms with E-state index in [1.54, 1.807) is 6.33 Å². The molecule has 1 aliphatic rings. The number of fused-ring (bicyclic) bond motifs is 1. The van der Waals surface area contributed by atoms with E-state index in [9.17, 15) is 0 Å². The molecule has 0 aliphatic carbocycles. The monoisotopic (exact) mass is 218 g/mol. The van der Waals surface area contributed by atoms with Crippen molar-refractivity contribution in [2.45, 2.75) is 12.5 Å². The third kappa shape index (κ3) is 1.70. The summed E-state index contributed by atoms with van der Waals surface area (Å²) in [6, 6.07) is 6.10. The molecule has 2 aromatic heterocycles. The molecule has 1 atom stereocenters. The second-order valence-electron chi connectivity index (χ2n) is 3.66. The van der Waals surface area contributed by atoms with Gasteiger partial charge in [-0.3, -0.25) is 4.98 Å². The van der Waals surface area contributed by atoms with Crippen molar-refractivity contribution in [2.75, 3.05) is 6.54 Å². The zero-order chi connectivity index (χ0) is 10.1. The molecule has 0 fully saturated rings. The van der Waals surface area contributed by atoms with Crippen LogP contribution in [0.25, 0.3) is 0 Å². The van der Waals surface area contributed by atoms with Gasteiger partial charge in [0.1, 0.15) is 0 Å². The van der Waals surface area contributed by atoms with Crippen LogP contribution in [0.5, 0.6) is 0 Å². The number of aromatic nitrogens is 3. The summed E-state index contributed by atoms with van der Waals surface area (Å²) in [5, 5.41) is 3.43. The Bertz CT molecular complexity index is 454. The van der Waals surface area contributed by atoms with Crippen LogP contribution in [0.4, 0.5) is 0 Å². The predicted molar refractivity (Wildman–Crippen MR) is 60.0 cm³/mol. The van der Waals surface area contributed by atoms with E-state index in [4.69, 9.17) is 0 Å². The van der Waals surface area contributed by atoms with Gasteiger partial charge in [0.2, 0.25) is 0 Å². The van der Waals surface area contributed by atoms with Crippen molar-refractivity contribution in [2.24, 2.45) is 0 Å². The first-order chi connectivity index (χ1) is 7.45. The lowest BCUT2D eigenvalue weighted by Crippen LogP contribution is -2.31. The van der Waals surface area contributed by atoms with Crippen LogP contribution in [0.3, 0.4) is 0 Å². The van der Waals surface area contributed by atoms with Gasteiger partial charge in [0.25, 0.3) is 0 Å². The zero-order valence-corrected chi connectivity index (χ0v) is 8.77. The molecule has 0 aromatic carbocycles. The molecule has 4 N–H and O–H groups in total. The molecular weight excluding hydrogens is 204 g/mol. The van der Waals surface area contributed by atoms with Crippen LogP contribution in [-0.2, 0) is 6.42 Å². The fraction of sp³-hybridized carbons (Fsp3) is 0.273. The van der Waals surface area contributed by atoms with Crippen LogP contribution in [-0.4, -0.2) is 27.0 Å². The van der Waals surface area contributed by atoms with Crippen LogP contribution in [0, 0.1) is 0 Å². The Kier molecular flexibility index (Phi) is 2.98. The molecule has 3 rings (SSSR count). The smallest absolute Gasteiger partial charge is 0.0943 e. The Morgan fingerprint density at radius 3 is 3.00 bits per heavy atom. The normalized spacial score (nSPS) is 18.6. The maximum atomic E-state index is 4.36. The van der Waals surface area contributed by atoms with Gasteiger partial charge in [-0.1, -0.05) is 6.07 Å². The van der Waals surface area contributed by atoms with Crippen molar-refractivity contribution in [3.63, 3.8) is 0 Å². The molecule has 0 saturated heterocycles. The summed E-state index contributed by atoms with van der Waals surface area (Å²) < 4.78 is 0. The lowest BCUT2D eigenvalue weighted by molar-refractivity contribution is 0.543. The number of hydrogen-bond acceptors (Lipinski definition) is 3. The summed E-state index contributed by atoms with van der Waals surface area (Å²) in [7, 11) is 0. The van der Waals surface area contributed by atoms with Gasteiger partial charge in [0.15, 0.2) is 0 Å². The molecule has 1 aliphatic heterocycles. The van der Waals surface area contributed by atoms with Gasteiger partial charge in [-0.05, 0) is 12.1 Å². The minimum absolute atomic E-state index is 0. The van der Waals surface area contributed by atoms with Gasteiger partial charge in [-0.25, -0.2) is 4.98 Å². The summed E-state index contributed by atoms with van der Waals surface area (Å²) in [6.45, 7) is 0.969. The summed E-state index contributed by atoms with van der Waals surface area (Å²) >= 11 is 0. The number of aromatic amines is 1. The topological polar surface area (TPSA) is 85.1 Å². The van der Waals surface area contributed by atoms with Crippen LogP contribution in [0.2, 0.25) is 0 Å². The van der Waals surface area contributed by atoms with Gasteiger partial charge in [-0.15, -0.1) is 0 Å².